The number of hydrogen-bond acceptors (Lipinski definition) is 3. The SMILES string of the molecule is O=C1OC(=O)[C@H]2[C@@H]1C1(Br)c3ccccc3C2(Br)c2ccccc21. The Morgan fingerprint density at radius 2 is 1.00 bits per heavy atom. The number of carbonyl (C=O) groups excluding carboxylic acids is 2. The molecule has 2 aromatic carbocycles. The van der Waals surface area contributed by atoms with Crippen LogP contribution in [0, 0.1) is 11.8 Å². The van der Waals surface area contributed by atoms with Crippen LogP contribution < -0.4 is 0 Å². The quantitative estimate of drug-likeness (QED) is 0.362. The molecule has 0 N–H and O–H groups in total. The van der Waals surface area contributed by atoms with Gasteiger partial charge < -0.3 is 4.74 Å². The van der Waals surface area contributed by atoms with Crippen LogP contribution in [0.2, 0.25) is 0 Å². The number of benzene rings is 2. The average Bonchev–Trinajstić information content (AvgIpc) is 2.88. The fourth-order valence-corrected chi connectivity index (χ4v) is 6.76. The van der Waals surface area contributed by atoms with E-state index in [1.54, 1.807) is 0 Å². The third-order valence-electron chi connectivity index (χ3n) is 5.32. The number of carbonyl (C=O) groups is 2. The molecule has 1 aliphatic heterocycles. The van der Waals surface area contributed by atoms with Crippen molar-refractivity contribution in [2.45, 2.75) is 8.65 Å². The Labute approximate surface area is 149 Å². The number of alkyl halides is 2. The van der Waals surface area contributed by atoms with Gasteiger partial charge in [-0.05, 0) is 22.3 Å². The summed E-state index contributed by atoms with van der Waals surface area (Å²) in [5.41, 5.74) is 4.07. The average molecular weight is 434 g/mol. The Morgan fingerprint density at radius 3 is 1.30 bits per heavy atom. The zero-order chi connectivity index (χ0) is 16.0. The Bertz CT molecular complexity index is 785. The molecule has 2 aromatic rings. The van der Waals surface area contributed by atoms with Crippen LogP contribution in [-0.4, -0.2) is 11.9 Å². The highest BCUT2D eigenvalue weighted by Gasteiger charge is 2.72. The summed E-state index contributed by atoms with van der Waals surface area (Å²) < 4.78 is 3.58. The summed E-state index contributed by atoms with van der Waals surface area (Å²) in [6, 6.07) is 15.9. The summed E-state index contributed by atoms with van der Waals surface area (Å²) in [4.78, 5) is 25.0. The third kappa shape index (κ3) is 1.34. The van der Waals surface area contributed by atoms with Crippen molar-refractivity contribution in [1.82, 2.24) is 0 Å². The lowest BCUT2D eigenvalue weighted by molar-refractivity contribution is -0.153. The van der Waals surface area contributed by atoms with Gasteiger partial charge in [0.15, 0.2) is 0 Å². The molecule has 5 heteroatoms. The molecule has 3 nitrogen and oxygen atoms in total. The monoisotopic (exact) mass is 432 g/mol. The summed E-state index contributed by atoms with van der Waals surface area (Å²) in [6.45, 7) is 0. The molecule has 2 atom stereocenters. The minimum absolute atomic E-state index is 0.454. The van der Waals surface area contributed by atoms with Crippen LogP contribution in [0.25, 0.3) is 0 Å². The minimum atomic E-state index is -0.733. The molecule has 0 spiro atoms. The summed E-state index contributed by atoms with van der Waals surface area (Å²) in [6.07, 6.45) is 0. The van der Waals surface area contributed by atoms with E-state index in [1.807, 2.05) is 48.5 Å². The highest BCUT2D eigenvalue weighted by Crippen LogP contribution is 2.70. The van der Waals surface area contributed by atoms with E-state index in [0.29, 0.717) is 0 Å². The molecule has 0 amide bonds. The molecule has 6 rings (SSSR count). The second kappa shape index (κ2) is 4.14. The first-order chi connectivity index (χ1) is 11.0. The molecular formula is C18H10Br2O3. The largest absolute Gasteiger partial charge is 0.393 e. The van der Waals surface area contributed by atoms with E-state index in [1.165, 1.54) is 0 Å². The van der Waals surface area contributed by atoms with E-state index in [0.717, 1.165) is 22.3 Å². The molecule has 2 bridgehead atoms. The van der Waals surface area contributed by atoms with Gasteiger partial charge in [-0.15, -0.1) is 0 Å². The Morgan fingerprint density at radius 1 is 0.696 bits per heavy atom. The topological polar surface area (TPSA) is 43.4 Å². The van der Waals surface area contributed by atoms with Crippen molar-refractivity contribution in [3.8, 4) is 0 Å². The molecule has 0 aromatic heterocycles. The first-order valence-corrected chi connectivity index (χ1v) is 8.92. The molecule has 0 unspecified atom stereocenters. The Balaban J connectivity index is 1.99. The predicted octanol–water partition coefficient (Wildman–Crippen LogP) is 3.61. The van der Waals surface area contributed by atoms with Crippen molar-refractivity contribution >= 4 is 43.8 Å². The summed E-state index contributed by atoms with van der Waals surface area (Å²) in [5, 5.41) is 0. The lowest BCUT2D eigenvalue weighted by Gasteiger charge is -2.54. The van der Waals surface area contributed by atoms with Gasteiger partial charge >= 0.3 is 11.9 Å². The predicted molar refractivity (Wildman–Crippen MR) is 90.4 cm³/mol. The smallest absolute Gasteiger partial charge is 0.319 e. The molecule has 1 fully saturated rings. The van der Waals surface area contributed by atoms with Gasteiger partial charge in [0.2, 0.25) is 0 Å². The van der Waals surface area contributed by atoms with Crippen molar-refractivity contribution in [2.75, 3.05) is 0 Å². The van der Waals surface area contributed by atoms with Crippen LogP contribution >= 0.6 is 31.9 Å². The fraction of sp³-hybridized carbons (Fsp3) is 0.222. The van der Waals surface area contributed by atoms with Gasteiger partial charge in [0.25, 0.3) is 0 Å². The van der Waals surface area contributed by atoms with Crippen LogP contribution in [0.3, 0.4) is 0 Å². The van der Waals surface area contributed by atoms with Crippen LogP contribution in [0.5, 0.6) is 0 Å². The van der Waals surface area contributed by atoms with Crippen molar-refractivity contribution in [3.63, 3.8) is 0 Å². The highest BCUT2D eigenvalue weighted by atomic mass is 79.9. The van der Waals surface area contributed by atoms with Crippen molar-refractivity contribution in [3.05, 3.63) is 70.8 Å². The lowest BCUT2D eigenvalue weighted by atomic mass is 9.54. The van der Waals surface area contributed by atoms with Crippen LogP contribution in [0.15, 0.2) is 48.5 Å². The number of rotatable bonds is 0. The molecule has 0 saturated carbocycles. The summed E-state index contributed by atoms with van der Waals surface area (Å²) in [7, 11) is 0. The van der Waals surface area contributed by atoms with Gasteiger partial charge in [-0.2, -0.15) is 0 Å². The standard InChI is InChI=1S/C18H10Br2O3/c19-17-9-5-1-2-6-10(9)18(20,12-8-4-3-7-11(12)17)14-13(17)15(21)23-16(14)22/h1-8,13-14H/t13-,14+,17?,18?. The second-order valence-electron chi connectivity index (χ2n) is 6.21. The van der Waals surface area contributed by atoms with Crippen LogP contribution in [0.1, 0.15) is 22.3 Å². The Kier molecular flexibility index (Phi) is 2.51. The third-order valence-corrected chi connectivity index (χ3v) is 8.02. The van der Waals surface area contributed by atoms with Crippen molar-refractivity contribution < 1.29 is 14.3 Å². The molecular weight excluding hydrogens is 424 g/mol. The van der Waals surface area contributed by atoms with Crippen molar-refractivity contribution in [2.24, 2.45) is 11.8 Å². The minimum Gasteiger partial charge on any atom is -0.393 e. The highest BCUT2D eigenvalue weighted by molar-refractivity contribution is 9.10. The van der Waals surface area contributed by atoms with Gasteiger partial charge in [-0.3, -0.25) is 9.59 Å². The number of cyclic esters (lactones) is 2. The molecule has 4 aliphatic rings. The van der Waals surface area contributed by atoms with E-state index in [2.05, 4.69) is 31.9 Å². The zero-order valence-electron chi connectivity index (χ0n) is 11.8. The van der Waals surface area contributed by atoms with E-state index in [-0.39, 0.29) is 0 Å². The van der Waals surface area contributed by atoms with E-state index >= 15 is 0 Å². The zero-order valence-corrected chi connectivity index (χ0v) is 14.9. The lowest BCUT2D eigenvalue weighted by Crippen LogP contribution is -2.56. The molecule has 114 valence electrons. The first kappa shape index (κ1) is 13.9. The molecule has 1 saturated heterocycles. The van der Waals surface area contributed by atoms with Crippen LogP contribution in [0.4, 0.5) is 0 Å². The normalized spacial score (nSPS) is 36.3. The number of hydrogen-bond donors (Lipinski definition) is 0. The molecule has 1 heterocycles. The number of ether oxygens (including phenoxy) is 1. The second-order valence-corrected chi connectivity index (χ2v) is 8.71. The van der Waals surface area contributed by atoms with Gasteiger partial charge in [0.05, 0.1) is 20.5 Å². The first-order valence-electron chi connectivity index (χ1n) is 7.34. The van der Waals surface area contributed by atoms with Crippen LogP contribution in [-0.2, 0) is 23.0 Å². The van der Waals surface area contributed by atoms with Gasteiger partial charge in [0.1, 0.15) is 0 Å². The molecule has 3 aliphatic carbocycles. The maximum absolute atomic E-state index is 12.5. The maximum atomic E-state index is 12.5. The fourth-order valence-electron chi connectivity index (χ4n) is 4.48. The van der Waals surface area contributed by atoms with Gasteiger partial charge in [-0.25, -0.2) is 0 Å². The van der Waals surface area contributed by atoms with E-state index in [4.69, 9.17) is 4.74 Å². The maximum Gasteiger partial charge on any atom is 0.319 e. The van der Waals surface area contributed by atoms with E-state index in [9.17, 15) is 9.59 Å². The van der Waals surface area contributed by atoms with Gasteiger partial charge in [-0.1, -0.05) is 80.4 Å². The Hall–Kier alpha value is -1.46. The number of halogens is 2. The van der Waals surface area contributed by atoms with Gasteiger partial charge in [0, 0.05) is 0 Å². The summed E-state index contributed by atoms with van der Waals surface area (Å²) >= 11 is 7.71. The number of esters is 2. The summed E-state index contributed by atoms with van der Waals surface area (Å²) in [5.74, 6) is -2.05. The molecule has 0 radical (unpaired) electrons. The van der Waals surface area contributed by atoms with E-state index < -0.39 is 32.4 Å². The van der Waals surface area contributed by atoms with Crippen molar-refractivity contribution in [1.29, 1.82) is 0 Å². The molecule has 23 heavy (non-hydrogen) atoms.